The molecule has 1 atom stereocenters. The summed E-state index contributed by atoms with van der Waals surface area (Å²) in [6.07, 6.45) is 1.78. The second-order valence-electron chi connectivity index (χ2n) is 6.02. The van der Waals surface area contributed by atoms with Gasteiger partial charge in [0.15, 0.2) is 7.98 Å². The van der Waals surface area contributed by atoms with Gasteiger partial charge in [0.05, 0.1) is 4.92 Å². The van der Waals surface area contributed by atoms with Gasteiger partial charge >= 0.3 is 0 Å². The van der Waals surface area contributed by atoms with E-state index in [1.165, 1.54) is 18.2 Å². The van der Waals surface area contributed by atoms with Gasteiger partial charge in [-0.1, -0.05) is 11.6 Å². The lowest BCUT2D eigenvalue weighted by atomic mass is 9.99. The summed E-state index contributed by atoms with van der Waals surface area (Å²) in [5, 5.41) is 11.0. The van der Waals surface area contributed by atoms with Gasteiger partial charge in [0.25, 0.3) is 11.6 Å². The average Bonchev–Trinajstić information content (AvgIpc) is 2.47. The predicted octanol–water partition coefficient (Wildman–Crippen LogP) is 2.65. The zero-order chi connectivity index (χ0) is 17.1. The van der Waals surface area contributed by atoms with Crippen LogP contribution < -0.4 is 0 Å². The third-order valence-electron chi connectivity index (χ3n) is 4.00. The van der Waals surface area contributed by atoms with Crippen LogP contribution in [-0.4, -0.2) is 53.7 Å². The molecule has 1 aliphatic rings. The first-order chi connectivity index (χ1) is 10.8. The minimum Gasteiger partial charge on any atom is -0.352 e. The number of benzene rings is 1. The zero-order valence-electron chi connectivity index (χ0n) is 13.2. The van der Waals surface area contributed by atoms with Crippen LogP contribution in [0, 0.1) is 10.1 Å². The highest BCUT2D eigenvalue weighted by atomic mass is 35.5. The maximum atomic E-state index is 12.9. The molecule has 0 N–H and O–H groups in total. The summed E-state index contributed by atoms with van der Waals surface area (Å²) < 4.78 is 0. The van der Waals surface area contributed by atoms with Gasteiger partial charge in [-0.3, -0.25) is 14.9 Å². The van der Waals surface area contributed by atoms with E-state index in [-0.39, 0.29) is 34.3 Å². The number of nitrogens with zero attached hydrogens (tertiary/aromatic N) is 3. The quantitative estimate of drug-likeness (QED) is 0.482. The predicted molar refractivity (Wildman–Crippen MR) is 89.8 cm³/mol. The molecule has 1 aliphatic heterocycles. The number of carbonyl (C=O) groups is 1. The molecule has 0 unspecified atom stereocenters. The molecule has 6 nitrogen and oxygen atoms in total. The lowest BCUT2D eigenvalue weighted by molar-refractivity contribution is -0.384. The molecular formula is C15H19BClN3O3. The maximum absolute atomic E-state index is 12.9. The minimum atomic E-state index is -0.582. The van der Waals surface area contributed by atoms with Crippen LogP contribution in [0.5, 0.6) is 0 Å². The molecule has 1 aromatic carbocycles. The van der Waals surface area contributed by atoms with Gasteiger partial charge in [0.1, 0.15) is 5.02 Å². The van der Waals surface area contributed by atoms with E-state index in [2.05, 4.69) is 0 Å². The second-order valence-corrected chi connectivity index (χ2v) is 6.43. The summed E-state index contributed by atoms with van der Waals surface area (Å²) >= 11 is 5.82. The lowest BCUT2D eigenvalue weighted by Gasteiger charge is -2.40. The minimum absolute atomic E-state index is 0.00372. The standard InChI is InChI=1S/C15H19BClN3O3/c1-10(2)19(12-4-3-7-18(16)9-12)15(21)11-5-6-13(17)14(8-11)20(22)23/h5-6,8,10,12H,3-4,7,9H2,1-2H3/t12-/m1/s1. The van der Waals surface area contributed by atoms with Crippen molar-refractivity contribution in [3.63, 3.8) is 0 Å². The molecule has 8 heteroatoms. The molecule has 1 saturated heterocycles. The van der Waals surface area contributed by atoms with Crippen LogP contribution in [0.4, 0.5) is 5.69 Å². The Hall–Kier alpha value is -1.60. The van der Waals surface area contributed by atoms with Gasteiger partial charge in [0, 0.05) is 30.3 Å². The van der Waals surface area contributed by atoms with Crippen molar-refractivity contribution >= 4 is 31.2 Å². The number of hydrogen-bond donors (Lipinski definition) is 0. The van der Waals surface area contributed by atoms with Crippen LogP contribution in [0.2, 0.25) is 5.02 Å². The Balaban J connectivity index is 2.31. The van der Waals surface area contributed by atoms with Gasteiger partial charge in [-0.25, -0.2) is 0 Å². The largest absolute Gasteiger partial charge is 0.352 e. The summed E-state index contributed by atoms with van der Waals surface area (Å²) in [4.78, 5) is 26.8. The summed E-state index contributed by atoms with van der Waals surface area (Å²) in [5.41, 5.74) is 0.00858. The third-order valence-corrected chi connectivity index (χ3v) is 4.32. The second kappa shape index (κ2) is 7.32. The Morgan fingerprint density at radius 3 is 2.78 bits per heavy atom. The summed E-state index contributed by atoms with van der Waals surface area (Å²) in [5.74, 6) is -0.236. The SMILES string of the molecule is [B]N1CCC[C@@H](N(C(=O)c2ccc(Cl)c([N+](=O)[O-])c2)C(C)C)C1. The van der Waals surface area contributed by atoms with E-state index in [4.69, 9.17) is 19.6 Å². The molecule has 1 aromatic rings. The van der Waals surface area contributed by atoms with Crippen molar-refractivity contribution in [2.24, 2.45) is 0 Å². The molecule has 2 rings (SSSR count). The van der Waals surface area contributed by atoms with Gasteiger partial charge in [-0.15, -0.1) is 0 Å². The van der Waals surface area contributed by atoms with Gasteiger partial charge in [-0.2, -0.15) is 0 Å². The highest BCUT2D eigenvalue weighted by molar-refractivity contribution is 6.32. The fourth-order valence-electron chi connectivity index (χ4n) is 2.97. The molecule has 1 fully saturated rings. The van der Waals surface area contributed by atoms with Crippen LogP contribution in [0.15, 0.2) is 18.2 Å². The van der Waals surface area contributed by atoms with E-state index in [1.807, 2.05) is 13.8 Å². The van der Waals surface area contributed by atoms with Gasteiger partial charge in [0.2, 0.25) is 0 Å². The topological polar surface area (TPSA) is 66.7 Å². The zero-order valence-corrected chi connectivity index (χ0v) is 14.0. The monoisotopic (exact) mass is 335 g/mol. The van der Waals surface area contributed by atoms with Crippen molar-refractivity contribution in [1.82, 2.24) is 9.71 Å². The molecular weight excluding hydrogens is 316 g/mol. The van der Waals surface area contributed by atoms with E-state index in [9.17, 15) is 14.9 Å². The number of rotatable bonds is 4. The number of amides is 1. The Bertz CT molecular complexity index is 612. The molecule has 23 heavy (non-hydrogen) atoms. The smallest absolute Gasteiger partial charge is 0.288 e. The van der Waals surface area contributed by atoms with Crippen LogP contribution in [0.3, 0.4) is 0 Å². The molecule has 0 aliphatic carbocycles. The van der Waals surface area contributed by atoms with E-state index in [0.717, 1.165) is 19.4 Å². The van der Waals surface area contributed by atoms with Crippen LogP contribution >= 0.6 is 11.6 Å². The number of halogens is 1. The maximum Gasteiger partial charge on any atom is 0.288 e. The van der Waals surface area contributed by atoms with Gasteiger partial charge in [-0.05, 0) is 45.4 Å². The van der Waals surface area contributed by atoms with E-state index >= 15 is 0 Å². The highest BCUT2D eigenvalue weighted by Crippen LogP contribution is 2.27. The Morgan fingerprint density at radius 2 is 2.22 bits per heavy atom. The molecule has 1 heterocycles. The number of carbonyl (C=O) groups excluding carboxylic acids is 1. The number of nitro benzene ring substituents is 1. The van der Waals surface area contributed by atoms with Crippen molar-refractivity contribution in [3.8, 4) is 0 Å². The van der Waals surface area contributed by atoms with E-state index in [1.54, 1.807) is 9.71 Å². The Labute approximate surface area is 142 Å². The molecule has 122 valence electrons. The molecule has 1 amide bonds. The van der Waals surface area contributed by atoms with Crippen molar-refractivity contribution in [3.05, 3.63) is 38.9 Å². The average molecular weight is 336 g/mol. The first-order valence-electron chi connectivity index (χ1n) is 7.57. The molecule has 2 radical (unpaired) electrons. The molecule has 0 aromatic heterocycles. The van der Waals surface area contributed by atoms with Crippen molar-refractivity contribution < 1.29 is 9.72 Å². The van der Waals surface area contributed by atoms with E-state index in [0.29, 0.717) is 6.54 Å². The Morgan fingerprint density at radius 1 is 1.52 bits per heavy atom. The first-order valence-corrected chi connectivity index (χ1v) is 7.95. The normalized spacial score (nSPS) is 18.9. The van der Waals surface area contributed by atoms with Crippen LogP contribution in [0.1, 0.15) is 37.0 Å². The highest BCUT2D eigenvalue weighted by Gasteiger charge is 2.30. The van der Waals surface area contributed by atoms with Crippen LogP contribution in [0.25, 0.3) is 0 Å². The first kappa shape index (κ1) is 17.8. The molecule has 0 saturated carbocycles. The molecule has 0 spiro atoms. The number of nitro groups is 1. The summed E-state index contributed by atoms with van der Waals surface area (Å²) in [6.45, 7) is 5.26. The third kappa shape index (κ3) is 4.03. The fraction of sp³-hybridized carbons (Fsp3) is 0.533. The Kier molecular flexibility index (Phi) is 5.65. The van der Waals surface area contributed by atoms with Crippen LogP contribution in [-0.2, 0) is 0 Å². The lowest BCUT2D eigenvalue weighted by Crippen LogP contribution is -2.52. The van der Waals surface area contributed by atoms with Gasteiger partial charge < -0.3 is 9.71 Å². The van der Waals surface area contributed by atoms with Crippen molar-refractivity contribution in [2.75, 3.05) is 13.1 Å². The van der Waals surface area contributed by atoms with Crippen molar-refractivity contribution in [2.45, 2.75) is 38.8 Å². The van der Waals surface area contributed by atoms with Crippen molar-refractivity contribution in [1.29, 1.82) is 0 Å². The summed E-state index contributed by atoms with van der Waals surface area (Å²) in [6, 6.07) is 4.12. The fourth-order valence-corrected chi connectivity index (χ4v) is 3.15. The summed E-state index contributed by atoms with van der Waals surface area (Å²) in [7, 11) is 5.87. The number of hydrogen-bond acceptors (Lipinski definition) is 4. The molecule has 0 bridgehead atoms. The van der Waals surface area contributed by atoms with E-state index < -0.39 is 4.92 Å². The number of piperidine rings is 1.